The maximum Gasteiger partial charge on any atom is 0.172 e. The van der Waals surface area contributed by atoms with Gasteiger partial charge in [0.25, 0.3) is 0 Å². The number of rotatable bonds is 4. The summed E-state index contributed by atoms with van der Waals surface area (Å²) in [6, 6.07) is 11.9. The van der Waals surface area contributed by atoms with E-state index >= 15 is 0 Å². The highest BCUT2D eigenvalue weighted by molar-refractivity contribution is 5.47. The van der Waals surface area contributed by atoms with Crippen molar-refractivity contribution in [3.05, 3.63) is 48.0 Å². The summed E-state index contributed by atoms with van der Waals surface area (Å²) < 4.78 is 5.66. The van der Waals surface area contributed by atoms with Crippen LogP contribution in [0.3, 0.4) is 0 Å². The van der Waals surface area contributed by atoms with E-state index in [1.54, 1.807) is 0 Å². The Morgan fingerprint density at radius 3 is 2.56 bits per heavy atom. The molecule has 0 amide bonds. The number of para-hydroxylation sites is 1. The van der Waals surface area contributed by atoms with Crippen molar-refractivity contribution in [2.24, 2.45) is 0 Å². The maximum atomic E-state index is 9.68. The first-order valence-corrected chi connectivity index (χ1v) is 5.98. The fourth-order valence-corrected chi connectivity index (χ4v) is 1.78. The van der Waals surface area contributed by atoms with Crippen molar-refractivity contribution < 1.29 is 14.9 Å². The van der Waals surface area contributed by atoms with E-state index in [1.807, 2.05) is 24.3 Å². The molecule has 3 heteroatoms. The normalized spacial score (nSPS) is 10.3. The van der Waals surface area contributed by atoms with Crippen LogP contribution in [0.2, 0.25) is 0 Å². The van der Waals surface area contributed by atoms with Gasteiger partial charge in [0.2, 0.25) is 0 Å². The van der Waals surface area contributed by atoms with Gasteiger partial charge in [-0.2, -0.15) is 0 Å². The molecule has 0 saturated carbocycles. The Morgan fingerprint density at radius 1 is 1.00 bits per heavy atom. The van der Waals surface area contributed by atoms with Gasteiger partial charge in [-0.25, -0.2) is 0 Å². The van der Waals surface area contributed by atoms with E-state index in [0.29, 0.717) is 5.75 Å². The molecule has 0 fully saturated rings. The zero-order valence-electron chi connectivity index (χ0n) is 10.3. The molecule has 2 N–H and O–H groups in total. The van der Waals surface area contributed by atoms with Gasteiger partial charge in [-0.05, 0) is 30.2 Å². The van der Waals surface area contributed by atoms with E-state index < -0.39 is 0 Å². The van der Waals surface area contributed by atoms with Crippen LogP contribution in [0.25, 0.3) is 0 Å². The summed E-state index contributed by atoms with van der Waals surface area (Å²) in [4.78, 5) is 0. The van der Waals surface area contributed by atoms with Gasteiger partial charge >= 0.3 is 0 Å². The SMILES string of the molecule is CCCc1ccccc1Oc1cc(O)ccc1O. The van der Waals surface area contributed by atoms with Gasteiger partial charge in [0.15, 0.2) is 11.5 Å². The third-order valence-corrected chi connectivity index (χ3v) is 2.66. The van der Waals surface area contributed by atoms with E-state index in [2.05, 4.69) is 6.92 Å². The van der Waals surface area contributed by atoms with E-state index in [-0.39, 0.29) is 17.2 Å². The molecule has 0 spiro atoms. The van der Waals surface area contributed by atoms with E-state index in [0.717, 1.165) is 18.4 Å². The number of hydrogen-bond donors (Lipinski definition) is 2. The fraction of sp³-hybridized carbons (Fsp3) is 0.200. The molecule has 0 aliphatic rings. The summed E-state index contributed by atoms with van der Waals surface area (Å²) in [6.07, 6.45) is 1.93. The standard InChI is InChI=1S/C15H16O3/c1-2-5-11-6-3-4-7-14(11)18-15-10-12(16)8-9-13(15)17/h3-4,6-10,16-17H,2,5H2,1H3. The van der Waals surface area contributed by atoms with Gasteiger partial charge in [0.1, 0.15) is 11.5 Å². The molecule has 18 heavy (non-hydrogen) atoms. The monoisotopic (exact) mass is 244 g/mol. The Bertz CT molecular complexity index is 535. The smallest absolute Gasteiger partial charge is 0.172 e. The van der Waals surface area contributed by atoms with Crippen LogP contribution in [0.4, 0.5) is 0 Å². The molecule has 2 rings (SSSR count). The minimum absolute atomic E-state index is 0.0131. The number of ether oxygens (including phenoxy) is 1. The summed E-state index contributed by atoms with van der Waals surface area (Å²) in [6.45, 7) is 2.10. The van der Waals surface area contributed by atoms with Gasteiger partial charge < -0.3 is 14.9 Å². The van der Waals surface area contributed by atoms with E-state index in [4.69, 9.17) is 4.74 Å². The summed E-state index contributed by atoms with van der Waals surface area (Å²) in [5, 5.41) is 19.1. The highest BCUT2D eigenvalue weighted by Gasteiger charge is 2.08. The van der Waals surface area contributed by atoms with Crippen LogP contribution in [0.5, 0.6) is 23.0 Å². The van der Waals surface area contributed by atoms with Crippen LogP contribution in [-0.4, -0.2) is 10.2 Å². The Kier molecular flexibility index (Phi) is 3.72. The molecule has 2 aromatic rings. The van der Waals surface area contributed by atoms with Crippen molar-refractivity contribution in [1.29, 1.82) is 0 Å². The number of phenolic OH excluding ortho intramolecular Hbond substituents is 2. The molecule has 0 saturated heterocycles. The summed E-state index contributed by atoms with van der Waals surface area (Å²) in [5.41, 5.74) is 1.09. The second-order valence-electron chi connectivity index (χ2n) is 4.11. The topological polar surface area (TPSA) is 49.7 Å². The molecule has 94 valence electrons. The lowest BCUT2D eigenvalue weighted by Gasteiger charge is -2.11. The molecule has 0 heterocycles. The molecule has 0 aromatic heterocycles. The summed E-state index contributed by atoms with van der Waals surface area (Å²) in [7, 11) is 0. The Labute approximate surface area is 106 Å². The maximum absolute atomic E-state index is 9.68. The molecule has 0 bridgehead atoms. The Morgan fingerprint density at radius 2 is 1.78 bits per heavy atom. The van der Waals surface area contributed by atoms with Crippen LogP contribution in [-0.2, 0) is 6.42 Å². The zero-order chi connectivity index (χ0) is 13.0. The first kappa shape index (κ1) is 12.3. The minimum Gasteiger partial charge on any atom is -0.508 e. The van der Waals surface area contributed by atoms with Crippen LogP contribution in [0.1, 0.15) is 18.9 Å². The van der Waals surface area contributed by atoms with Gasteiger partial charge in [0, 0.05) is 6.07 Å². The summed E-state index contributed by atoms with van der Waals surface area (Å²) in [5.74, 6) is 1.05. The third-order valence-electron chi connectivity index (χ3n) is 2.66. The quantitative estimate of drug-likeness (QED) is 0.803. The minimum atomic E-state index is 0.0131. The van der Waals surface area contributed by atoms with Crippen LogP contribution < -0.4 is 4.74 Å². The lowest BCUT2D eigenvalue weighted by Crippen LogP contribution is -1.91. The lowest BCUT2D eigenvalue weighted by atomic mass is 10.1. The van der Waals surface area contributed by atoms with Gasteiger partial charge in [-0.1, -0.05) is 31.5 Å². The zero-order valence-corrected chi connectivity index (χ0v) is 10.3. The number of phenols is 2. The summed E-state index contributed by atoms with van der Waals surface area (Å²) >= 11 is 0. The highest BCUT2D eigenvalue weighted by Crippen LogP contribution is 2.35. The van der Waals surface area contributed by atoms with Crippen LogP contribution in [0.15, 0.2) is 42.5 Å². The van der Waals surface area contributed by atoms with Crippen molar-refractivity contribution >= 4 is 0 Å². The molecule has 0 aliphatic carbocycles. The first-order chi connectivity index (χ1) is 8.70. The number of benzene rings is 2. The van der Waals surface area contributed by atoms with Gasteiger partial charge in [-0.3, -0.25) is 0 Å². The molecular weight excluding hydrogens is 228 g/mol. The van der Waals surface area contributed by atoms with Crippen molar-refractivity contribution in [2.75, 3.05) is 0 Å². The van der Waals surface area contributed by atoms with Crippen molar-refractivity contribution in [1.82, 2.24) is 0 Å². The third kappa shape index (κ3) is 2.74. The van der Waals surface area contributed by atoms with Crippen molar-refractivity contribution in [3.8, 4) is 23.0 Å². The number of aromatic hydroxyl groups is 2. The molecule has 0 atom stereocenters. The number of hydrogen-bond acceptors (Lipinski definition) is 3. The van der Waals surface area contributed by atoms with Gasteiger partial charge in [-0.15, -0.1) is 0 Å². The van der Waals surface area contributed by atoms with E-state index in [9.17, 15) is 10.2 Å². The molecular formula is C15H16O3. The average molecular weight is 244 g/mol. The predicted octanol–water partition coefficient (Wildman–Crippen LogP) is 3.84. The van der Waals surface area contributed by atoms with Crippen molar-refractivity contribution in [2.45, 2.75) is 19.8 Å². The average Bonchev–Trinajstić information content (AvgIpc) is 2.36. The molecule has 3 nitrogen and oxygen atoms in total. The fourth-order valence-electron chi connectivity index (χ4n) is 1.78. The molecule has 0 aliphatic heterocycles. The lowest BCUT2D eigenvalue weighted by molar-refractivity contribution is 0.401. The largest absolute Gasteiger partial charge is 0.508 e. The highest BCUT2D eigenvalue weighted by atomic mass is 16.5. The van der Waals surface area contributed by atoms with Crippen LogP contribution in [0, 0.1) is 0 Å². The second-order valence-corrected chi connectivity index (χ2v) is 4.11. The molecule has 0 unspecified atom stereocenters. The van der Waals surface area contributed by atoms with Gasteiger partial charge in [0.05, 0.1) is 0 Å². The number of aryl methyl sites for hydroxylation is 1. The molecule has 2 aromatic carbocycles. The molecule has 0 radical (unpaired) electrons. The second kappa shape index (κ2) is 5.45. The first-order valence-electron chi connectivity index (χ1n) is 5.98. The van der Waals surface area contributed by atoms with E-state index in [1.165, 1.54) is 18.2 Å². The predicted molar refractivity (Wildman–Crippen MR) is 70.3 cm³/mol. The Balaban J connectivity index is 2.30. The Hall–Kier alpha value is -2.16. The van der Waals surface area contributed by atoms with Crippen molar-refractivity contribution in [3.63, 3.8) is 0 Å². The van der Waals surface area contributed by atoms with Crippen LogP contribution >= 0.6 is 0 Å².